The summed E-state index contributed by atoms with van der Waals surface area (Å²) in [6.07, 6.45) is -3.79. The van der Waals surface area contributed by atoms with Gasteiger partial charge in [-0.2, -0.15) is 18.3 Å². The van der Waals surface area contributed by atoms with Crippen molar-refractivity contribution in [2.24, 2.45) is 0 Å². The van der Waals surface area contributed by atoms with Crippen LogP contribution in [0.3, 0.4) is 0 Å². The fraction of sp³-hybridized carbons (Fsp3) is 0.238. The molecule has 0 unspecified atom stereocenters. The quantitative estimate of drug-likeness (QED) is 0.639. The smallest absolute Gasteiger partial charge is 0.434 e. The van der Waals surface area contributed by atoms with Crippen molar-refractivity contribution in [3.63, 3.8) is 0 Å². The number of halogens is 3. The lowest BCUT2D eigenvalue weighted by Crippen LogP contribution is -2.28. The van der Waals surface area contributed by atoms with Crippen molar-refractivity contribution in [2.75, 3.05) is 13.8 Å². The van der Waals surface area contributed by atoms with E-state index < -0.39 is 23.3 Å². The lowest BCUT2D eigenvalue weighted by atomic mass is 10.1. The van der Waals surface area contributed by atoms with Crippen molar-refractivity contribution in [2.45, 2.75) is 19.6 Å². The normalized spacial score (nSPS) is 12.8. The van der Waals surface area contributed by atoms with Gasteiger partial charge in [-0.3, -0.25) is 4.79 Å². The van der Waals surface area contributed by atoms with Crippen LogP contribution >= 0.6 is 0 Å². The monoisotopic (exact) mass is 417 g/mol. The lowest BCUT2D eigenvalue weighted by Gasteiger charge is -2.19. The van der Waals surface area contributed by atoms with Crippen LogP contribution in [0.25, 0.3) is 5.69 Å². The molecule has 1 aliphatic heterocycles. The van der Waals surface area contributed by atoms with Gasteiger partial charge in [-0.05, 0) is 36.2 Å². The van der Waals surface area contributed by atoms with Crippen LogP contribution in [0.15, 0.2) is 48.7 Å². The Balaban J connectivity index is 1.66. The fourth-order valence-corrected chi connectivity index (χ4v) is 3.35. The summed E-state index contributed by atoms with van der Waals surface area (Å²) < 4.78 is 53.0. The number of fused-ring (bicyclic) bond motifs is 1. The number of hydrogen-bond donors (Lipinski definition) is 0. The van der Waals surface area contributed by atoms with Gasteiger partial charge in [0.05, 0.1) is 17.4 Å². The van der Waals surface area contributed by atoms with Crippen molar-refractivity contribution in [3.8, 4) is 17.2 Å². The van der Waals surface area contributed by atoms with E-state index in [1.807, 2.05) is 0 Å². The predicted molar refractivity (Wildman–Crippen MR) is 102 cm³/mol. The average Bonchev–Trinajstić information content (AvgIpc) is 3.34. The van der Waals surface area contributed by atoms with Gasteiger partial charge >= 0.3 is 6.18 Å². The molecule has 6 nitrogen and oxygen atoms in total. The third-order valence-electron chi connectivity index (χ3n) is 4.82. The van der Waals surface area contributed by atoms with Crippen LogP contribution in [0, 0.1) is 6.92 Å². The maximum Gasteiger partial charge on any atom is 0.434 e. The van der Waals surface area contributed by atoms with Crippen molar-refractivity contribution in [3.05, 3.63) is 71.0 Å². The molecule has 1 aliphatic rings. The van der Waals surface area contributed by atoms with Crippen molar-refractivity contribution >= 4 is 5.91 Å². The molecule has 2 heterocycles. The molecule has 156 valence electrons. The standard InChI is InChI=1S/C21H18F3N3O3/c1-13-5-3-4-6-16(13)27-19(21(22,23)24)15(10-25-27)20(28)26(2)11-14-7-8-17-18(9-14)30-12-29-17/h3-10H,11-12H2,1-2H3. The Morgan fingerprint density at radius 1 is 1.17 bits per heavy atom. The Hall–Kier alpha value is -3.49. The summed E-state index contributed by atoms with van der Waals surface area (Å²) >= 11 is 0. The molecule has 0 radical (unpaired) electrons. The molecule has 1 aromatic heterocycles. The van der Waals surface area contributed by atoms with Gasteiger partial charge in [0.1, 0.15) is 0 Å². The highest BCUT2D eigenvalue weighted by molar-refractivity contribution is 5.95. The Labute approximate surface area is 170 Å². The van der Waals surface area contributed by atoms with Crippen LogP contribution in [0.2, 0.25) is 0 Å². The molecule has 9 heteroatoms. The molecular formula is C21H18F3N3O3. The van der Waals surface area contributed by atoms with E-state index in [2.05, 4.69) is 5.10 Å². The number of aryl methyl sites for hydroxylation is 1. The topological polar surface area (TPSA) is 56.6 Å². The minimum absolute atomic E-state index is 0.0995. The zero-order valence-corrected chi connectivity index (χ0v) is 16.2. The van der Waals surface area contributed by atoms with Crippen LogP contribution in [0.4, 0.5) is 13.2 Å². The number of para-hydroxylation sites is 1. The summed E-state index contributed by atoms with van der Waals surface area (Å²) in [5.41, 5.74) is -0.0237. The van der Waals surface area contributed by atoms with Gasteiger partial charge in [-0.25, -0.2) is 4.68 Å². The SMILES string of the molecule is Cc1ccccc1-n1ncc(C(=O)N(C)Cc2ccc3c(c2)OCO3)c1C(F)(F)F. The van der Waals surface area contributed by atoms with Crippen LogP contribution in [-0.4, -0.2) is 34.4 Å². The average molecular weight is 417 g/mol. The highest BCUT2D eigenvalue weighted by Gasteiger charge is 2.41. The molecule has 4 rings (SSSR count). The predicted octanol–water partition coefficient (Wildman–Crippen LogP) is 4.20. The molecular weight excluding hydrogens is 399 g/mol. The second-order valence-corrected chi connectivity index (χ2v) is 6.95. The third-order valence-corrected chi connectivity index (χ3v) is 4.82. The van der Waals surface area contributed by atoms with Crippen molar-refractivity contribution < 1.29 is 27.4 Å². The number of alkyl halides is 3. The van der Waals surface area contributed by atoms with E-state index in [1.165, 1.54) is 18.0 Å². The molecule has 0 fully saturated rings. The minimum atomic E-state index is -4.76. The first-order valence-corrected chi connectivity index (χ1v) is 9.11. The van der Waals surface area contributed by atoms with E-state index in [-0.39, 0.29) is 19.0 Å². The first kappa shape index (κ1) is 19.8. The summed E-state index contributed by atoms with van der Waals surface area (Å²) in [5.74, 6) is 0.350. The number of nitrogens with zero attached hydrogens (tertiary/aromatic N) is 3. The number of carbonyl (C=O) groups is 1. The minimum Gasteiger partial charge on any atom is -0.454 e. The molecule has 0 saturated heterocycles. The molecule has 0 N–H and O–H groups in total. The number of rotatable bonds is 4. The summed E-state index contributed by atoms with van der Waals surface area (Å²) in [5, 5.41) is 3.88. The van der Waals surface area contributed by atoms with Gasteiger partial charge in [0, 0.05) is 13.6 Å². The highest BCUT2D eigenvalue weighted by atomic mass is 19.4. The summed E-state index contributed by atoms with van der Waals surface area (Å²) in [7, 11) is 1.44. The second kappa shape index (κ2) is 7.40. The molecule has 0 spiro atoms. The molecule has 1 amide bonds. The number of hydrogen-bond acceptors (Lipinski definition) is 4. The zero-order valence-electron chi connectivity index (χ0n) is 16.2. The maximum absolute atomic E-state index is 13.9. The van der Waals surface area contributed by atoms with Gasteiger partial charge in [0.15, 0.2) is 17.2 Å². The molecule has 0 saturated carbocycles. The van der Waals surface area contributed by atoms with Crippen LogP contribution in [0.5, 0.6) is 11.5 Å². The summed E-state index contributed by atoms with van der Waals surface area (Å²) in [6, 6.07) is 11.7. The number of amides is 1. The number of benzene rings is 2. The number of carbonyl (C=O) groups excluding carboxylic acids is 1. The summed E-state index contributed by atoms with van der Waals surface area (Å²) in [6.45, 7) is 1.90. The van der Waals surface area contributed by atoms with E-state index in [0.717, 1.165) is 10.9 Å². The van der Waals surface area contributed by atoms with Crippen LogP contribution < -0.4 is 9.47 Å². The molecule has 2 aromatic carbocycles. The van der Waals surface area contributed by atoms with Gasteiger partial charge in [0.2, 0.25) is 6.79 Å². The van der Waals surface area contributed by atoms with Crippen LogP contribution in [-0.2, 0) is 12.7 Å². The third kappa shape index (κ3) is 3.58. The second-order valence-electron chi connectivity index (χ2n) is 6.95. The zero-order chi connectivity index (χ0) is 21.5. The van der Waals surface area contributed by atoms with Gasteiger partial charge in [-0.15, -0.1) is 0 Å². The Bertz CT molecular complexity index is 1110. The molecule has 0 atom stereocenters. The number of ether oxygens (including phenoxy) is 2. The van der Waals surface area contributed by atoms with E-state index in [0.29, 0.717) is 22.6 Å². The van der Waals surface area contributed by atoms with E-state index in [1.54, 1.807) is 43.3 Å². The van der Waals surface area contributed by atoms with Crippen molar-refractivity contribution in [1.29, 1.82) is 0 Å². The van der Waals surface area contributed by atoms with Crippen LogP contribution in [0.1, 0.15) is 27.2 Å². The maximum atomic E-state index is 13.9. The largest absolute Gasteiger partial charge is 0.454 e. The van der Waals surface area contributed by atoms with E-state index in [9.17, 15) is 18.0 Å². The molecule has 0 aliphatic carbocycles. The lowest BCUT2D eigenvalue weighted by molar-refractivity contribution is -0.143. The van der Waals surface area contributed by atoms with Gasteiger partial charge in [-0.1, -0.05) is 24.3 Å². The van der Waals surface area contributed by atoms with E-state index in [4.69, 9.17) is 9.47 Å². The Morgan fingerprint density at radius 2 is 1.90 bits per heavy atom. The Kier molecular flexibility index (Phi) is 4.89. The van der Waals surface area contributed by atoms with Gasteiger partial charge in [0.25, 0.3) is 5.91 Å². The number of aromatic nitrogens is 2. The first-order valence-electron chi connectivity index (χ1n) is 9.11. The molecule has 30 heavy (non-hydrogen) atoms. The van der Waals surface area contributed by atoms with E-state index >= 15 is 0 Å². The highest BCUT2D eigenvalue weighted by Crippen LogP contribution is 2.35. The molecule has 0 bridgehead atoms. The fourth-order valence-electron chi connectivity index (χ4n) is 3.35. The molecule has 3 aromatic rings. The van der Waals surface area contributed by atoms with Gasteiger partial charge < -0.3 is 14.4 Å². The first-order chi connectivity index (χ1) is 14.3. The van der Waals surface area contributed by atoms with Crippen molar-refractivity contribution in [1.82, 2.24) is 14.7 Å². The summed E-state index contributed by atoms with van der Waals surface area (Å²) in [4.78, 5) is 14.1. The Morgan fingerprint density at radius 3 is 2.63 bits per heavy atom.